The SMILES string of the molecule is COCCOc1ccc(N2CCN(C(=O)c3ccc(-c4ccccc4)cc3)CC2)nn1. The Kier molecular flexibility index (Phi) is 6.74. The van der Waals surface area contributed by atoms with Gasteiger partial charge in [-0.2, -0.15) is 0 Å². The van der Waals surface area contributed by atoms with Crippen molar-refractivity contribution in [1.29, 1.82) is 0 Å². The van der Waals surface area contributed by atoms with Crippen LogP contribution in [0.3, 0.4) is 0 Å². The van der Waals surface area contributed by atoms with Gasteiger partial charge in [-0.05, 0) is 29.3 Å². The first kappa shape index (κ1) is 20.8. The number of anilines is 1. The second kappa shape index (κ2) is 10.0. The van der Waals surface area contributed by atoms with Crippen LogP contribution < -0.4 is 9.64 Å². The summed E-state index contributed by atoms with van der Waals surface area (Å²) >= 11 is 0. The fourth-order valence-corrected chi connectivity index (χ4v) is 3.55. The summed E-state index contributed by atoms with van der Waals surface area (Å²) < 4.78 is 10.4. The summed E-state index contributed by atoms with van der Waals surface area (Å²) in [5, 5.41) is 8.36. The maximum Gasteiger partial charge on any atom is 0.253 e. The molecule has 0 aliphatic carbocycles. The third kappa shape index (κ3) is 5.19. The summed E-state index contributed by atoms with van der Waals surface area (Å²) in [6, 6.07) is 21.7. The highest BCUT2D eigenvalue weighted by Crippen LogP contribution is 2.21. The third-order valence-electron chi connectivity index (χ3n) is 5.29. The molecule has 0 saturated carbocycles. The minimum absolute atomic E-state index is 0.0623. The first-order chi connectivity index (χ1) is 15.2. The fraction of sp³-hybridized carbons (Fsp3) is 0.292. The van der Waals surface area contributed by atoms with Crippen LogP contribution >= 0.6 is 0 Å². The maximum atomic E-state index is 12.9. The number of ether oxygens (including phenoxy) is 2. The lowest BCUT2D eigenvalue weighted by atomic mass is 10.0. The van der Waals surface area contributed by atoms with Crippen LogP contribution in [0, 0.1) is 0 Å². The van der Waals surface area contributed by atoms with Crippen LogP contribution in [-0.4, -0.2) is 67.5 Å². The van der Waals surface area contributed by atoms with E-state index >= 15 is 0 Å². The topological polar surface area (TPSA) is 67.8 Å². The van der Waals surface area contributed by atoms with E-state index < -0.39 is 0 Å². The van der Waals surface area contributed by atoms with E-state index in [4.69, 9.17) is 9.47 Å². The van der Waals surface area contributed by atoms with Gasteiger partial charge in [0.25, 0.3) is 5.91 Å². The van der Waals surface area contributed by atoms with E-state index in [0.29, 0.717) is 50.8 Å². The monoisotopic (exact) mass is 418 g/mol. The number of hydrogen-bond acceptors (Lipinski definition) is 6. The summed E-state index contributed by atoms with van der Waals surface area (Å²) in [6.07, 6.45) is 0. The molecule has 160 valence electrons. The molecule has 7 heteroatoms. The van der Waals surface area contributed by atoms with Gasteiger partial charge in [-0.25, -0.2) is 0 Å². The lowest BCUT2D eigenvalue weighted by Gasteiger charge is -2.35. The lowest BCUT2D eigenvalue weighted by Crippen LogP contribution is -2.49. The van der Waals surface area contributed by atoms with Crippen molar-refractivity contribution in [2.45, 2.75) is 0 Å². The van der Waals surface area contributed by atoms with Crippen molar-refractivity contribution in [2.75, 3.05) is 51.4 Å². The van der Waals surface area contributed by atoms with E-state index in [0.717, 1.165) is 16.9 Å². The van der Waals surface area contributed by atoms with Crippen LogP contribution in [0.4, 0.5) is 5.82 Å². The number of rotatable bonds is 7. The number of hydrogen-bond donors (Lipinski definition) is 0. The Morgan fingerprint density at radius 1 is 0.839 bits per heavy atom. The number of piperazine rings is 1. The van der Waals surface area contributed by atoms with Gasteiger partial charge in [0.05, 0.1) is 6.61 Å². The Labute approximate surface area is 182 Å². The summed E-state index contributed by atoms with van der Waals surface area (Å²) in [7, 11) is 1.63. The molecule has 31 heavy (non-hydrogen) atoms. The Balaban J connectivity index is 1.31. The van der Waals surface area contributed by atoms with Crippen LogP contribution in [0.5, 0.6) is 5.88 Å². The highest BCUT2D eigenvalue weighted by Gasteiger charge is 2.23. The largest absolute Gasteiger partial charge is 0.474 e. The molecule has 0 spiro atoms. The first-order valence-electron chi connectivity index (χ1n) is 10.4. The summed E-state index contributed by atoms with van der Waals surface area (Å²) in [6.45, 7) is 3.67. The zero-order chi connectivity index (χ0) is 21.5. The van der Waals surface area contributed by atoms with Gasteiger partial charge < -0.3 is 19.3 Å². The average Bonchev–Trinajstić information content (AvgIpc) is 2.85. The number of nitrogens with zero attached hydrogens (tertiary/aromatic N) is 4. The lowest BCUT2D eigenvalue weighted by molar-refractivity contribution is 0.0746. The molecule has 1 aliphatic heterocycles. The molecule has 0 atom stereocenters. The predicted molar refractivity (Wildman–Crippen MR) is 119 cm³/mol. The quantitative estimate of drug-likeness (QED) is 0.549. The van der Waals surface area contributed by atoms with Crippen molar-refractivity contribution < 1.29 is 14.3 Å². The molecule has 0 bridgehead atoms. The van der Waals surface area contributed by atoms with Gasteiger partial charge >= 0.3 is 0 Å². The third-order valence-corrected chi connectivity index (χ3v) is 5.29. The van der Waals surface area contributed by atoms with Crippen LogP contribution in [0.1, 0.15) is 10.4 Å². The Hall–Kier alpha value is -3.45. The van der Waals surface area contributed by atoms with Gasteiger partial charge in [0.1, 0.15) is 6.61 Å². The molecule has 7 nitrogen and oxygen atoms in total. The van der Waals surface area contributed by atoms with E-state index in [1.54, 1.807) is 7.11 Å². The van der Waals surface area contributed by atoms with E-state index in [-0.39, 0.29) is 5.91 Å². The second-order valence-electron chi connectivity index (χ2n) is 7.29. The molecule has 0 unspecified atom stereocenters. The van der Waals surface area contributed by atoms with E-state index in [9.17, 15) is 4.79 Å². The van der Waals surface area contributed by atoms with Crippen LogP contribution in [0.25, 0.3) is 11.1 Å². The molecule has 1 aliphatic rings. The van der Waals surface area contributed by atoms with Crippen molar-refractivity contribution in [3.05, 3.63) is 72.3 Å². The standard InChI is InChI=1S/C24H26N4O3/c1-30-17-18-31-23-12-11-22(25-26-23)27-13-15-28(16-14-27)24(29)21-9-7-20(8-10-21)19-5-3-2-4-6-19/h2-12H,13-18H2,1H3. The molecule has 1 aromatic heterocycles. The highest BCUT2D eigenvalue weighted by atomic mass is 16.5. The first-order valence-corrected chi connectivity index (χ1v) is 10.4. The Bertz CT molecular complexity index is 970. The number of benzene rings is 2. The predicted octanol–water partition coefficient (Wildman–Crippen LogP) is 3.13. The van der Waals surface area contributed by atoms with Crippen LogP contribution in [0.2, 0.25) is 0 Å². The minimum atomic E-state index is 0.0623. The molecule has 3 aromatic rings. The average molecular weight is 418 g/mol. The van der Waals surface area contributed by atoms with Crippen LogP contribution in [-0.2, 0) is 4.74 Å². The molecule has 1 fully saturated rings. The van der Waals surface area contributed by atoms with E-state index in [2.05, 4.69) is 27.2 Å². The summed E-state index contributed by atoms with van der Waals surface area (Å²) in [5.41, 5.74) is 2.96. The van der Waals surface area contributed by atoms with Crippen molar-refractivity contribution in [2.24, 2.45) is 0 Å². The Morgan fingerprint density at radius 3 is 2.19 bits per heavy atom. The molecule has 2 aromatic carbocycles. The van der Waals surface area contributed by atoms with Gasteiger partial charge in [0.2, 0.25) is 5.88 Å². The highest BCUT2D eigenvalue weighted by molar-refractivity contribution is 5.94. The van der Waals surface area contributed by atoms with Crippen LogP contribution in [0.15, 0.2) is 66.7 Å². The van der Waals surface area contributed by atoms with Gasteiger partial charge in [-0.1, -0.05) is 42.5 Å². The van der Waals surface area contributed by atoms with Gasteiger partial charge in [0, 0.05) is 44.9 Å². The number of carbonyl (C=O) groups is 1. The molecular formula is C24H26N4O3. The molecule has 1 amide bonds. The molecule has 2 heterocycles. The van der Waals surface area contributed by atoms with Crippen molar-refractivity contribution >= 4 is 11.7 Å². The number of amides is 1. The van der Waals surface area contributed by atoms with E-state index in [1.165, 1.54) is 0 Å². The normalized spacial score (nSPS) is 13.8. The van der Waals surface area contributed by atoms with Crippen molar-refractivity contribution in [3.63, 3.8) is 0 Å². The summed E-state index contributed by atoms with van der Waals surface area (Å²) in [5.74, 6) is 1.33. The van der Waals surface area contributed by atoms with Gasteiger partial charge in [-0.15, -0.1) is 10.2 Å². The molecule has 0 N–H and O–H groups in total. The number of aromatic nitrogens is 2. The van der Waals surface area contributed by atoms with Gasteiger partial charge in [0.15, 0.2) is 5.82 Å². The zero-order valence-electron chi connectivity index (χ0n) is 17.6. The summed E-state index contributed by atoms with van der Waals surface area (Å²) in [4.78, 5) is 16.9. The van der Waals surface area contributed by atoms with Crippen molar-refractivity contribution in [1.82, 2.24) is 15.1 Å². The number of carbonyl (C=O) groups excluding carboxylic acids is 1. The smallest absolute Gasteiger partial charge is 0.253 e. The molecule has 1 saturated heterocycles. The molecule has 0 radical (unpaired) electrons. The zero-order valence-corrected chi connectivity index (χ0v) is 17.6. The van der Waals surface area contributed by atoms with Crippen molar-refractivity contribution in [3.8, 4) is 17.0 Å². The molecule has 4 rings (SSSR count). The molecular weight excluding hydrogens is 392 g/mol. The number of methoxy groups -OCH3 is 1. The minimum Gasteiger partial charge on any atom is -0.474 e. The van der Waals surface area contributed by atoms with E-state index in [1.807, 2.05) is 59.5 Å². The fourth-order valence-electron chi connectivity index (χ4n) is 3.55. The van der Waals surface area contributed by atoms with Gasteiger partial charge in [-0.3, -0.25) is 4.79 Å². The maximum absolute atomic E-state index is 12.9. The second-order valence-corrected chi connectivity index (χ2v) is 7.29. The Morgan fingerprint density at radius 2 is 1.55 bits per heavy atom.